The monoisotopic (exact) mass is 322 g/mol. The number of ether oxygens (including phenoxy) is 1. The molecule has 5 heteroatoms. The van der Waals surface area contributed by atoms with Gasteiger partial charge in [-0.1, -0.05) is 39.0 Å². The van der Waals surface area contributed by atoms with Crippen molar-refractivity contribution in [1.29, 1.82) is 0 Å². The highest BCUT2D eigenvalue weighted by Gasteiger charge is 2.37. The van der Waals surface area contributed by atoms with Crippen LogP contribution in [-0.4, -0.2) is 33.3 Å². The van der Waals surface area contributed by atoms with E-state index in [1.54, 1.807) is 24.3 Å². The number of carbonyl (C=O) groups excluding carboxylic acids is 2. The van der Waals surface area contributed by atoms with Gasteiger partial charge in [-0.2, -0.15) is 0 Å². The van der Waals surface area contributed by atoms with Gasteiger partial charge < -0.3 is 9.16 Å². The summed E-state index contributed by atoms with van der Waals surface area (Å²) in [6.45, 7) is 11.2. The van der Waals surface area contributed by atoms with E-state index in [1.165, 1.54) is 0 Å². The summed E-state index contributed by atoms with van der Waals surface area (Å²) in [6.07, 6.45) is 0.280. The topological polar surface area (TPSA) is 52.6 Å². The number of esters is 1. The first-order chi connectivity index (χ1) is 10.2. The third kappa shape index (κ3) is 5.39. The minimum Gasteiger partial charge on any atom is -0.451 e. The van der Waals surface area contributed by atoms with Gasteiger partial charge in [0.15, 0.2) is 20.7 Å². The first-order valence-electron chi connectivity index (χ1n) is 7.52. The van der Waals surface area contributed by atoms with E-state index in [1.807, 2.05) is 6.07 Å². The molecule has 0 fully saturated rings. The van der Waals surface area contributed by atoms with Crippen molar-refractivity contribution in [2.24, 2.45) is 0 Å². The van der Waals surface area contributed by atoms with Crippen LogP contribution >= 0.6 is 0 Å². The van der Waals surface area contributed by atoms with Gasteiger partial charge >= 0.3 is 5.97 Å². The van der Waals surface area contributed by atoms with Crippen molar-refractivity contribution in [2.45, 2.75) is 51.4 Å². The Morgan fingerprint density at radius 1 is 1.23 bits per heavy atom. The zero-order chi connectivity index (χ0) is 16.8. The van der Waals surface area contributed by atoms with Gasteiger partial charge in [-0.05, 0) is 30.3 Å². The number of hydrogen-bond acceptors (Lipinski definition) is 4. The van der Waals surface area contributed by atoms with Crippen molar-refractivity contribution in [3.63, 3.8) is 0 Å². The summed E-state index contributed by atoms with van der Waals surface area (Å²) in [5.41, 5.74) is 0.444. The molecule has 1 unspecified atom stereocenters. The fourth-order valence-corrected chi connectivity index (χ4v) is 2.64. The van der Waals surface area contributed by atoms with Crippen LogP contribution in [0.2, 0.25) is 18.1 Å². The Morgan fingerprint density at radius 2 is 1.82 bits per heavy atom. The highest BCUT2D eigenvalue weighted by molar-refractivity contribution is 6.74. The van der Waals surface area contributed by atoms with E-state index < -0.39 is 20.4 Å². The molecule has 0 amide bonds. The van der Waals surface area contributed by atoms with Crippen LogP contribution in [0.3, 0.4) is 0 Å². The maximum absolute atomic E-state index is 11.9. The Kier molecular flexibility index (Phi) is 6.50. The molecule has 1 rings (SSSR count). The first-order valence-corrected chi connectivity index (χ1v) is 10.4. The average molecular weight is 322 g/mol. The quantitative estimate of drug-likeness (QED) is 0.435. The summed E-state index contributed by atoms with van der Waals surface area (Å²) in [4.78, 5) is 23.0. The predicted molar refractivity (Wildman–Crippen MR) is 89.5 cm³/mol. The Labute approximate surface area is 134 Å². The fourth-order valence-electron chi connectivity index (χ4n) is 1.58. The second-order valence-electron chi connectivity index (χ2n) is 6.84. The molecule has 1 atom stereocenters. The summed E-state index contributed by atoms with van der Waals surface area (Å²) in [5.74, 6) is -0.481. The highest BCUT2D eigenvalue weighted by atomic mass is 28.4. The van der Waals surface area contributed by atoms with Crippen molar-refractivity contribution in [3.8, 4) is 0 Å². The van der Waals surface area contributed by atoms with Gasteiger partial charge in [-0.3, -0.25) is 4.79 Å². The molecule has 0 radical (unpaired) electrons. The van der Waals surface area contributed by atoms with Gasteiger partial charge in [0.05, 0.1) is 5.56 Å². The molecule has 122 valence electrons. The Bertz CT molecular complexity index is 491. The van der Waals surface area contributed by atoms with Crippen LogP contribution < -0.4 is 0 Å². The average Bonchev–Trinajstić information content (AvgIpc) is 2.45. The number of benzene rings is 1. The van der Waals surface area contributed by atoms with Crippen molar-refractivity contribution >= 4 is 20.6 Å². The zero-order valence-electron chi connectivity index (χ0n) is 14.1. The molecular formula is C17H26O4Si. The van der Waals surface area contributed by atoms with E-state index in [0.717, 1.165) is 0 Å². The molecule has 22 heavy (non-hydrogen) atoms. The second kappa shape index (κ2) is 7.69. The van der Waals surface area contributed by atoms with Gasteiger partial charge in [-0.15, -0.1) is 0 Å². The summed E-state index contributed by atoms with van der Waals surface area (Å²) in [7, 11) is -1.84. The summed E-state index contributed by atoms with van der Waals surface area (Å²) in [6, 6.07) is 8.66. The van der Waals surface area contributed by atoms with Gasteiger partial charge in [0.1, 0.15) is 0 Å². The maximum atomic E-state index is 11.9. The minimum absolute atomic E-state index is 0.115. The van der Waals surface area contributed by atoms with E-state index in [-0.39, 0.29) is 5.04 Å². The van der Waals surface area contributed by atoms with Crippen molar-refractivity contribution in [3.05, 3.63) is 35.9 Å². The van der Waals surface area contributed by atoms with E-state index >= 15 is 0 Å². The van der Waals surface area contributed by atoms with Crippen molar-refractivity contribution in [1.82, 2.24) is 0 Å². The van der Waals surface area contributed by atoms with Crippen molar-refractivity contribution < 1.29 is 18.8 Å². The smallest absolute Gasteiger partial charge is 0.338 e. The molecule has 0 aromatic heterocycles. The number of aldehydes is 1. The van der Waals surface area contributed by atoms with Crippen LogP contribution in [0, 0.1) is 0 Å². The maximum Gasteiger partial charge on any atom is 0.338 e. The predicted octanol–water partition coefficient (Wildman–Crippen LogP) is 3.82. The molecule has 0 aliphatic rings. The van der Waals surface area contributed by atoms with Crippen LogP contribution in [0.4, 0.5) is 0 Å². The fraction of sp³-hybridized carbons (Fsp3) is 0.529. The Balaban J connectivity index is 2.50. The zero-order valence-corrected chi connectivity index (χ0v) is 15.1. The molecule has 0 saturated heterocycles. The summed E-state index contributed by atoms with van der Waals surface area (Å²) >= 11 is 0. The van der Waals surface area contributed by atoms with Gasteiger partial charge in [0, 0.05) is 13.0 Å². The standard InChI is InChI=1S/C17H26O4Si/c1-17(2,3)22(4,5)20-12-11-15(13-18)21-16(19)14-9-7-6-8-10-14/h6-10,13,15H,11-12H2,1-5H3. The molecule has 0 bridgehead atoms. The highest BCUT2D eigenvalue weighted by Crippen LogP contribution is 2.36. The molecule has 0 heterocycles. The SMILES string of the molecule is CC(C)(C)[Si](C)(C)OCCC(C=O)OC(=O)c1ccccc1. The lowest BCUT2D eigenvalue weighted by Crippen LogP contribution is -2.41. The molecule has 0 N–H and O–H groups in total. The summed E-state index contributed by atoms with van der Waals surface area (Å²) < 4.78 is 11.2. The lowest BCUT2D eigenvalue weighted by Gasteiger charge is -2.36. The molecule has 0 saturated carbocycles. The largest absolute Gasteiger partial charge is 0.451 e. The third-order valence-electron chi connectivity index (χ3n) is 4.09. The van der Waals surface area contributed by atoms with Crippen LogP contribution in [0.1, 0.15) is 37.6 Å². The van der Waals surface area contributed by atoms with E-state index in [2.05, 4.69) is 33.9 Å². The molecule has 1 aromatic carbocycles. The number of carbonyl (C=O) groups is 2. The second-order valence-corrected chi connectivity index (χ2v) is 11.7. The summed E-state index contributed by atoms with van der Waals surface area (Å²) in [5, 5.41) is 0.115. The van der Waals surface area contributed by atoms with Gasteiger partial charge in [0.25, 0.3) is 0 Å². The van der Waals surface area contributed by atoms with E-state index in [9.17, 15) is 9.59 Å². The third-order valence-corrected chi connectivity index (χ3v) is 8.63. The number of hydrogen-bond donors (Lipinski definition) is 0. The molecule has 0 spiro atoms. The van der Waals surface area contributed by atoms with E-state index in [0.29, 0.717) is 24.9 Å². The first kappa shape index (κ1) is 18.6. The van der Waals surface area contributed by atoms with Crippen LogP contribution in [0.15, 0.2) is 30.3 Å². The minimum atomic E-state index is -1.84. The lowest BCUT2D eigenvalue weighted by atomic mass is 10.2. The molecule has 1 aromatic rings. The van der Waals surface area contributed by atoms with Crippen molar-refractivity contribution in [2.75, 3.05) is 6.61 Å². The molecule has 4 nitrogen and oxygen atoms in total. The molecule has 0 aliphatic carbocycles. The van der Waals surface area contributed by atoms with Crippen LogP contribution in [-0.2, 0) is 14.0 Å². The normalized spacial score (nSPS) is 13.5. The number of rotatable bonds is 7. The van der Waals surface area contributed by atoms with E-state index in [4.69, 9.17) is 9.16 Å². The Hall–Kier alpha value is -1.46. The van der Waals surface area contributed by atoms with Gasteiger partial charge in [-0.25, -0.2) is 4.79 Å². The van der Waals surface area contributed by atoms with Crippen LogP contribution in [0.5, 0.6) is 0 Å². The lowest BCUT2D eigenvalue weighted by molar-refractivity contribution is -0.116. The van der Waals surface area contributed by atoms with Crippen LogP contribution in [0.25, 0.3) is 0 Å². The Morgan fingerprint density at radius 3 is 2.32 bits per heavy atom. The molecular weight excluding hydrogens is 296 g/mol. The van der Waals surface area contributed by atoms with Gasteiger partial charge in [0.2, 0.25) is 0 Å². The molecule has 0 aliphatic heterocycles.